The van der Waals surface area contributed by atoms with E-state index in [0.29, 0.717) is 24.2 Å². The highest BCUT2D eigenvalue weighted by molar-refractivity contribution is 6.17. The molecule has 1 unspecified atom stereocenters. The Morgan fingerprint density at radius 2 is 2.38 bits per heavy atom. The van der Waals surface area contributed by atoms with E-state index in [-0.39, 0.29) is 5.88 Å². The van der Waals surface area contributed by atoms with Crippen molar-refractivity contribution in [1.82, 2.24) is 0 Å². The standard InChI is InChI=1S/C11H10ClFO3/c12-5-6-3-7(13)4-9-8(6)1-2-16-10(9)11(14)15/h3-4,10H,1-2,5H2,(H,14,15). The molecule has 86 valence electrons. The Morgan fingerprint density at radius 3 is 3.00 bits per heavy atom. The molecule has 1 aliphatic heterocycles. The van der Waals surface area contributed by atoms with Crippen LogP contribution in [0.1, 0.15) is 22.8 Å². The zero-order valence-electron chi connectivity index (χ0n) is 8.37. The number of rotatable bonds is 2. The van der Waals surface area contributed by atoms with Crippen LogP contribution in [0.25, 0.3) is 0 Å². The SMILES string of the molecule is O=C(O)C1OCCc2c(CCl)cc(F)cc21. The molecule has 1 aromatic carbocycles. The van der Waals surface area contributed by atoms with Gasteiger partial charge in [0.15, 0.2) is 6.10 Å². The number of carbonyl (C=O) groups is 1. The molecule has 0 spiro atoms. The van der Waals surface area contributed by atoms with E-state index in [9.17, 15) is 9.18 Å². The fourth-order valence-corrected chi connectivity index (χ4v) is 2.19. The molecule has 0 aliphatic carbocycles. The predicted molar refractivity (Wildman–Crippen MR) is 56.0 cm³/mol. The van der Waals surface area contributed by atoms with E-state index in [4.69, 9.17) is 21.4 Å². The molecule has 0 fully saturated rings. The van der Waals surface area contributed by atoms with Gasteiger partial charge in [-0.25, -0.2) is 9.18 Å². The maximum absolute atomic E-state index is 13.3. The van der Waals surface area contributed by atoms with Crippen molar-refractivity contribution in [2.75, 3.05) is 6.61 Å². The number of benzene rings is 1. The molecule has 1 atom stereocenters. The lowest BCUT2D eigenvalue weighted by Gasteiger charge is -2.24. The highest BCUT2D eigenvalue weighted by Crippen LogP contribution is 2.31. The lowest BCUT2D eigenvalue weighted by atomic mass is 9.93. The Morgan fingerprint density at radius 1 is 1.62 bits per heavy atom. The van der Waals surface area contributed by atoms with Crippen molar-refractivity contribution in [3.05, 3.63) is 34.6 Å². The number of carboxylic acid groups (broad SMARTS) is 1. The number of ether oxygens (including phenoxy) is 1. The van der Waals surface area contributed by atoms with Gasteiger partial charge in [-0.15, -0.1) is 11.6 Å². The van der Waals surface area contributed by atoms with Gasteiger partial charge in [0.1, 0.15) is 5.82 Å². The fourth-order valence-electron chi connectivity index (χ4n) is 1.95. The van der Waals surface area contributed by atoms with Gasteiger partial charge in [0.25, 0.3) is 0 Å². The first-order chi connectivity index (χ1) is 7.63. The molecule has 1 aromatic rings. The van der Waals surface area contributed by atoms with Crippen LogP contribution in [0.3, 0.4) is 0 Å². The summed E-state index contributed by atoms with van der Waals surface area (Å²) >= 11 is 5.71. The van der Waals surface area contributed by atoms with Crippen LogP contribution in [0, 0.1) is 5.82 Å². The van der Waals surface area contributed by atoms with Gasteiger partial charge in [-0.2, -0.15) is 0 Å². The second-order valence-electron chi connectivity index (χ2n) is 3.61. The zero-order valence-corrected chi connectivity index (χ0v) is 9.13. The number of fused-ring (bicyclic) bond motifs is 1. The number of carboxylic acids is 1. The quantitative estimate of drug-likeness (QED) is 0.812. The van der Waals surface area contributed by atoms with E-state index in [1.165, 1.54) is 12.1 Å². The first-order valence-corrected chi connectivity index (χ1v) is 5.38. The topological polar surface area (TPSA) is 46.5 Å². The van der Waals surface area contributed by atoms with Crippen molar-refractivity contribution in [3.8, 4) is 0 Å². The van der Waals surface area contributed by atoms with Crippen molar-refractivity contribution in [1.29, 1.82) is 0 Å². The number of halogens is 2. The lowest BCUT2D eigenvalue weighted by molar-refractivity contribution is -0.151. The van der Waals surface area contributed by atoms with E-state index < -0.39 is 17.9 Å². The minimum atomic E-state index is -1.10. The molecule has 2 rings (SSSR count). The Kier molecular flexibility index (Phi) is 3.12. The summed E-state index contributed by atoms with van der Waals surface area (Å²) in [6.45, 7) is 0.319. The van der Waals surface area contributed by atoms with E-state index in [2.05, 4.69) is 0 Å². The number of aliphatic carboxylic acids is 1. The summed E-state index contributed by atoms with van der Waals surface area (Å²) in [5, 5.41) is 8.96. The first kappa shape index (κ1) is 11.4. The van der Waals surface area contributed by atoms with Crippen molar-refractivity contribution in [2.24, 2.45) is 0 Å². The third-order valence-corrected chi connectivity index (χ3v) is 2.92. The largest absolute Gasteiger partial charge is 0.479 e. The third kappa shape index (κ3) is 1.90. The highest BCUT2D eigenvalue weighted by Gasteiger charge is 2.29. The van der Waals surface area contributed by atoms with Gasteiger partial charge in [-0.1, -0.05) is 0 Å². The third-order valence-electron chi connectivity index (χ3n) is 2.63. The summed E-state index contributed by atoms with van der Waals surface area (Å²) in [4.78, 5) is 10.9. The second-order valence-corrected chi connectivity index (χ2v) is 3.87. The number of alkyl halides is 1. The average Bonchev–Trinajstić information content (AvgIpc) is 2.26. The number of hydrogen-bond acceptors (Lipinski definition) is 2. The van der Waals surface area contributed by atoms with Crippen LogP contribution >= 0.6 is 11.6 Å². The molecule has 5 heteroatoms. The molecule has 1 heterocycles. The smallest absolute Gasteiger partial charge is 0.337 e. The van der Waals surface area contributed by atoms with Gasteiger partial charge >= 0.3 is 5.97 Å². The minimum absolute atomic E-state index is 0.173. The van der Waals surface area contributed by atoms with Crippen molar-refractivity contribution in [3.63, 3.8) is 0 Å². The predicted octanol–water partition coefficient (Wildman–Crippen LogP) is 2.26. The fraction of sp³-hybridized carbons (Fsp3) is 0.364. The minimum Gasteiger partial charge on any atom is -0.479 e. The van der Waals surface area contributed by atoms with Gasteiger partial charge in [0.2, 0.25) is 0 Å². The van der Waals surface area contributed by atoms with Crippen LogP contribution in [0.15, 0.2) is 12.1 Å². The van der Waals surface area contributed by atoms with Gasteiger partial charge in [-0.05, 0) is 35.2 Å². The molecule has 16 heavy (non-hydrogen) atoms. The Bertz CT molecular complexity index is 433. The summed E-state index contributed by atoms with van der Waals surface area (Å²) in [7, 11) is 0. The van der Waals surface area contributed by atoms with Gasteiger partial charge in [0, 0.05) is 5.88 Å². The molecule has 0 bridgehead atoms. The lowest BCUT2D eigenvalue weighted by Crippen LogP contribution is -2.24. The molecular formula is C11H10ClFO3. The normalized spacial score (nSPS) is 19.2. The Labute approximate surface area is 96.8 Å². The number of hydrogen-bond donors (Lipinski definition) is 1. The van der Waals surface area contributed by atoms with Crippen LogP contribution in [-0.4, -0.2) is 17.7 Å². The first-order valence-electron chi connectivity index (χ1n) is 4.85. The van der Waals surface area contributed by atoms with Gasteiger partial charge in [0.05, 0.1) is 6.61 Å². The van der Waals surface area contributed by atoms with Crippen LogP contribution < -0.4 is 0 Å². The van der Waals surface area contributed by atoms with E-state index in [1.54, 1.807) is 0 Å². The van der Waals surface area contributed by atoms with Crippen LogP contribution in [0.2, 0.25) is 0 Å². The monoisotopic (exact) mass is 244 g/mol. The van der Waals surface area contributed by atoms with Crippen LogP contribution in [0.4, 0.5) is 4.39 Å². The van der Waals surface area contributed by atoms with Crippen LogP contribution in [-0.2, 0) is 21.8 Å². The molecule has 0 saturated carbocycles. The molecule has 1 N–H and O–H groups in total. The average molecular weight is 245 g/mol. The summed E-state index contributed by atoms with van der Waals surface area (Å²) in [6, 6.07) is 2.55. The van der Waals surface area contributed by atoms with Crippen molar-refractivity contribution < 1.29 is 19.0 Å². The Balaban J connectivity index is 2.55. The maximum atomic E-state index is 13.3. The van der Waals surface area contributed by atoms with E-state index in [0.717, 1.165) is 5.56 Å². The highest BCUT2D eigenvalue weighted by atomic mass is 35.5. The molecule has 1 aliphatic rings. The molecule has 0 amide bonds. The van der Waals surface area contributed by atoms with E-state index in [1.807, 2.05) is 0 Å². The van der Waals surface area contributed by atoms with Gasteiger partial charge in [-0.3, -0.25) is 0 Å². The zero-order chi connectivity index (χ0) is 11.7. The maximum Gasteiger partial charge on any atom is 0.337 e. The molecule has 0 saturated heterocycles. The molecule has 0 aromatic heterocycles. The molecule has 0 radical (unpaired) electrons. The molecule has 3 nitrogen and oxygen atoms in total. The summed E-state index contributed by atoms with van der Waals surface area (Å²) in [6.07, 6.45) is -0.511. The second kappa shape index (κ2) is 4.39. The summed E-state index contributed by atoms with van der Waals surface area (Å²) in [5.41, 5.74) is 1.83. The Hall–Kier alpha value is -1.13. The van der Waals surface area contributed by atoms with Crippen LogP contribution in [0.5, 0.6) is 0 Å². The summed E-state index contributed by atoms with van der Waals surface area (Å²) < 4.78 is 18.4. The van der Waals surface area contributed by atoms with Crippen molar-refractivity contribution in [2.45, 2.75) is 18.4 Å². The van der Waals surface area contributed by atoms with Gasteiger partial charge < -0.3 is 9.84 Å². The van der Waals surface area contributed by atoms with Crippen molar-refractivity contribution >= 4 is 17.6 Å². The summed E-state index contributed by atoms with van der Waals surface area (Å²) in [5.74, 6) is -1.41. The van der Waals surface area contributed by atoms with E-state index >= 15 is 0 Å². The molecular weight excluding hydrogens is 235 g/mol.